The number of benzene rings is 1. The van der Waals surface area contributed by atoms with Gasteiger partial charge in [-0.1, -0.05) is 12.1 Å². The molecule has 0 aliphatic carbocycles. The van der Waals surface area contributed by atoms with Crippen molar-refractivity contribution < 1.29 is 4.39 Å². The van der Waals surface area contributed by atoms with Gasteiger partial charge >= 0.3 is 0 Å². The minimum Gasteiger partial charge on any atom is -0.307 e. The van der Waals surface area contributed by atoms with Crippen molar-refractivity contribution in [3.63, 3.8) is 0 Å². The van der Waals surface area contributed by atoms with Crippen LogP contribution in [0.25, 0.3) is 5.65 Å². The van der Waals surface area contributed by atoms with Gasteiger partial charge in [-0.25, -0.2) is 9.37 Å². The molecule has 2 heterocycles. The van der Waals surface area contributed by atoms with Crippen LogP contribution in [0.4, 0.5) is 4.39 Å². The topological polar surface area (TPSA) is 29.3 Å². The van der Waals surface area contributed by atoms with E-state index in [2.05, 4.69) is 26.2 Å². The molecule has 0 saturated carbocycles. The lowest BCUT2D eigenvalue weighted by Crippen LogP contribution is -2.12. The fourth-order valence-electron chi connectivity index (χ4n) is 2.08. The lowest BCUT2D eigenvalue weighted by molar-refractivity contribution is 0.619. The number of halogens is 2. The van der Waals surface area contributed by atoms with Gasteiger partial charge in [-0.3, -0.25) is 0 Å². The van der Waals surface area contributed by atoms with E-state index in [-0.39, 0.29) is 5.82 Å². The number of rotatable bonds is 4. The van der Waals surface area contributed by atoms with Crippen LogP contribution in [-0.4, -0.2) is 9.38 Å². The Hall–Kier alpha value is -1.72. The highest BCUT2D eigenvalue weighted by molar-refractivity contribution is 9.10. The second kappa shape index (κ2) is 5.73. The normalized spacial score (nSPS) is 11.1. The van der Waals surface area contributed by atoms with E-state index >= 15 is 0 Å². The van der Waals surface area contributed by atoms with Gasteiger partial charge in [0, 0.05) is 30.0 Å². The highest BCUT2D eigenvalue weighted by Crippen LogP contribution is 2.12. The quantitative estimate of drug-likeness (QED) is 0.791. The first-order valence-electron chi connectivity index (χ1n) is 6.29. The summed E-state index contributed by atoms with van der Waals surface area (Å²) in [5.74, 6) is -0.207. The zero-order chi connectivity index (χ0) is 13.9. The van der Waals surface area contributed by atoms with E-state index < -0.39 is 0 Å². The summed E-state index contributed by atoms with van der Waals surface area (Å²) in [5.41, 5.74) is 2.80. The highest BCUT2D eigenvalue weighted by atomic mass is 79.9. The number of nitrogens with zero attached hydrogens (tertiary/aromatic N) is 2. The van der Waals surface area contributed by atoms with Crippen LogP contribution < -0.4 is 5.32 Å². The van der Waals surface area contributed by atoms with E-state index in [9.17, 15) is 4.39 Å². The van der Waals surface area contributed by atoms with Crippen LogP contribution in [0.5, 0.6) is 0 Å². The maximum atomic E-state index is 13.0. The SMILES string of the molecule is Fc1cccc(CNCc2cn3cc(Br)ccc3n2)c1. The Kier molecular flexibility index (Phi) is 3.80. The van der Waals surface area contributed by atoms with Crippen LogP contribution in [0.1, 0.15) is 11.3 Å². The first kappa shape index (κ1) is 13.3. The summed E-state index contributed by atoms with van der Waals surface area (Å²) in [4.78, 5) is 4.51. The van der Waals surface area contributed by atoms with Gasteiger partial charge in [0.05, 0.1) is 5.69 Å². The number of imidazole rings is 1. The van der Waals surface area contributed by atoms with Crippen LogP contribution in [0, 0.1) is 5.82 Å². The molecule has 0 radical (unpaired) electrons. The second-order valence-corrected chi connectivity index (χ2v) is 5.49. The van der Waals surface area contributed by atoms with Crippen molar-refractivity contribution in [3.05, 3.63) is 70.3 Å². The molecule has 1 N–H and O–H groups in total. The van der Waals surface area contributed by atoms with Crippen molar-refractivity contribution in [2.75, 3.05) is 0 Å². The minimum absolute atomic E-state index is 0.207. The maximum absolute atomic E-state index is 13.0. The third-order valence-corrected chi connectivity index (χ3v) is 3.46. The third-order valence-electron chi connectivity index (χ3n) is 2.99. The Labute approximate surface area is 124 Å². The van der Waals surface area contributed by atoms with Crippen molar-refractivity contribution in [1.82, 2.24) is 14.7 Å². The minimum atomic E-state index is -0.207. The molecule has 0 unspecified atom stereocenters. The molecule has 0 atom stereocenters. The van der Waals surface area contributed by atoms with E-state index in [4.69, 9.17) is 0 Å². The van der Waals surface area contributed by atoms with Gasteiger partial charge in [-0.15, -0.1) is 0 Å². The van der Waals surface area contributed by atoms with Gasteiger partial charge in [0.1, 0.15) is 11.5 Å². The Morgan fingerprint density at radius 1 is 1.15 bits per heavy atom. The number of pyridine rings is 1. The fourth-order valence-corrected chi connectivity index (χ4v) is 2.44. The average molecular weight is 334 g/mol. The zero-order valence-electron chi connectivity index (χ0n) is 10.7. The molecule has 0 amide bonds. The van der Waals surface area contributed by atoms with Gasteiger partial charge in [-0.2, -0.15) is 0 Å². The molecule has 0 saturated heterocycles. The van der Waals surface area contributed by atoms with E-state index in [1.54, 1.807) is 6.07 Å². The van der Waals surface area contributed by atoms with E-state index in [0.29, 0.717) is 13.1 Å². The van der Waals surface area contributed by atoms with Gasteiger partial charge in [0.2, 0.25) is 0 Å². The Morgan fingerprint density at radius 2 is 2.05 bits per heavy atom. The van der Waals surface area contributed by atoms with Crippen LogP contribution >= 0.6 is 15.9 Å². The smallest absolute Gasteiger partial charge is 0.137 e. The summed E-state index contributed by atoms with van der Waals surface area (Å²) in [6.45, 7) is 1.27. The molecule has 0 spiro atoms. The fraction of sp³-hybridized carbons (Fsp3) is 0.133. The molecule has 5 heteroatoms. The predicted molar refractivity (Wildman–Crippen MR) is 79.8 cm³/mol. The Bertz CT molecular complexity index is 739. The molecule has 102 valence electrons. The lowest BCUT2D eigenvalue weighted by Gasteiger charge is -2.02. The average Bonchev–Trinajstić information content (AvgIpc) is 2.80. The van der Waals surface area contributed by atoms with Gasteiger partial charge in [0.15, 0.2) is 0 Å². The van der Waals surface area contributed by atoms with Gasteiger partial charge in [-0.05, 0) is 45.8 Å². The molecule has 3 rings (SSSR count). The molecule has 3 aromatic rings. The molecule has 3 nitrogen and oxygen atoms in total. The largest absolute Gasteiger partial charge is 0.307 e. The van der Waals surface area contributed by atoms with Gasteiger partial charge < -0.3 is 9.72 Å². The second-order valence-electron chi connectivity index (χ2n) is 4.58. The summed E-state index contributed by atoms with van der Waals surface area (Å²) < 4.78 is 16.0. The number of fused-ring (bicyclic) bond motifs is 1. The first-order chi connectivity index (χ1) is 9.70. The van der Waals surface area contributed by atoms with E-state index in [0.717, 1.165) is 21.4 Å². The van der Waals surface area contributed by atoms with Crippen molar-refractivity contribution >= 4 is 21.6 Å². The number of aromatic nitrogens is 2. The summed E-state index contributed by atoms with van der Waals surface area (Å²) in [7, 11) is 0. The van der Waals surface area contributed by atoms with Crippen molar-refractivity contribution in [3.8, 4) is 0 Å². The van der Waals surface area contributed by atoms with Gasteiger partial charge in [0.25, 0.3) is 0 Å². The Morgan fingerprint density at radius 3 is 2.90 bits per heavy atom. The third kappa shape index (κ3) is 3.05. The molecule has 20 heavy (non-hydrogen) atoms. The Balaban J connectivity index is 1.65. The molecule has 0 aliphatic heterocycles. The monoisotopic (exact) mass is 333 g/mol. The molecular formula is C15H13BrFN3. The summed E-state index contributed by atoms with van der Waals surface area (Å²) >= 11 is 3.43. The first-order valence-corrected chi connectivity index (χ1v) is 7.08. The van der Waals surface area contributed by atoms with E-state index in [1.165, 1.54) is 12.1 Å². The van der Waals surface area contributed by atoms with Crippen LogP contribution in [0.2, 0.25) is 0 Å². The number of hydrogen-bond acceptors (Lipinski definition) is 2. The lowest BCUT2D eigenvalue weighted by atomic mass is 10.2. The molecule has 0 aliphatic rings. The number of nitrogens with one attached hydrogen (secondary N) is 1. The molecule has 0 fully saturated rings. The predicted octanol–water partition coefficient (Wildman–Crippen LogP) is 3.53. The summed E-state index contributed by atoms with van der Waals surface area (Å²) in [6.07, 6.45) is 3.96. The molecule has 2 aromatic heterocycles. The highest BCUT2D eigenvalue weighted by Gasteiger charge is 2.02. The summed E-state index contributed by atoms with van der Waals surface area (Å²) in [5, 5.41) is 3.27. The van der Waals surface area contributed by atoms with E-state index in [1.807, 2.05) is 35.0 Å². The molecular weight excluding hydrogens is 321 g/mol. The molecule has 1 aromatic carbocycles. The van der Waals surface area contributed by atoms with Crippen LogP contribution in [0.15, 0.2) is 53.3 Å². The standard InChI is InChI=1S/C15H13BrFN3/c16-12-4-5-15-19-14(10-20(15)9-12)8-18-7-11-2-1-3-13(17)6-11/h1-6,9-10,18H,7-8H2. The van der Waals surface area contributed by atoms with Crippen molar-refractivity contribution in [2.24, 2.45) is 0 Å². The van der Waals surface area contributed by atoms with Crippen LogP contribution in [-0.2, 0) is 13.1 Å². The van der Waals surface area contributed by atoms with Crippen molar-refractivity contribution in [2.45, 2.75) is 13.1 Å². The van der Waals surface area contributed by atoms with Crippen molar-refractivity contribution in [1.29, 1.82) is 0 Å². The summed E-state index contributed by atoms with van der Waals surface area (Å²) in [6, 6.07) is 10.5. The number of hydrogen-bond donors (Lipinski definition) is 1. The zero-order valence-corrected chi connectivity index (χ0v) is 12.3. The van der Waals surface area contributed by atoms with Crippen LogP contribution in [0.3, 0.4) is 0 Å². The maximum Gasteiger partial charge on any atom is 0.137 e. The molecule has 0 bridgehead atoms.